The zero-order valence-corrected chi connectivity index (χ0v) is 11.1. The van der Waals surface area contributed by atoms with Gasteiger partial charge in [0, 0.05) is 12.2 Å². The lowest BCUT2D eigenvalue weighted by Gasteiger charge is -2.07. The summed E-state index contributed by atoms with van der Waals surface area (Å²) in [4.78, 5) is 4.36. The highest BCUT2D eigenvalue weighted by atomic mass is 15.0. The Morgan fingerprint density at radius 3 is 2.74 bits per heavy atom. The molecule has 3 heteroatoms. The van der Waals surface area contributed by atoms with Crippen molar-refractivity contribution in [3.63, 3.8) is 0 Å². The summed E-state index contributed by atoms with van der Waals surface area (Å²) in [5, 5.41) is 12.2. The van der Waals surface area contributed by atoms with Crippen LogP contribution >= 0.6 is 0 Å². The summed E-state index contributed by atoms with van der Waals surface area (Å²) < 4.78 is 0. The summed E-state index contributed by atoms with van der Waals surface area (Å²) in [5.41, 5.74) is 2.86. The van der Waals surface area contributed by atoms with E-state index in [1.807, 2.05) is 13.0 Å². The van der Waals surface area contributed by atoms with Gasteiger partial charge >= 0.3 is 0 Å². The molecule has 0 aliphatic carbocycles. The summed E-state index contributed by atoms with van der Waals surface area (Å²) >= 11 is 0. The molecule has 0 saturated carbocycles. The third-order valence-corrected chi connectivity index (χ3v) is 2.87. The third-order valence-electron chi connectivity index (χ3n) is 2.87. The van der Waals surface area contributed by atoms with Crippen molar-refractivity contribution in [3.05, 3.63) is 59.3 Å². The Bertz CT molecular complexity index is 570. The Hall–Kier alpha value is -2.34. The van der Waals surface area contributed by atoms with Crippen LogP contribution in [-0.4, -0.2) is 11.5 Å². The Balaban J connectivity index is 1.83. The van der Waals surface area contributed by atoms with Gasteiger partial charge < -0.3 is 5.32 Å². The van der Waals surface area contributed by atoms with Gasteiger partial charge in [0.2, 0.25) is 0 Å². The average molecular weight is 251 g/mol. The molecule has 3 nitrogen and oxygen atoms in total. The number of hydrogen-bond donors (Lipinski definition) is 1. The highest BCUT2D eigenvalue weighted by Crippen LogP contribution is 2.09. The molecule has 96 valence electrons. The number of nitrogens with zero attached hydrogens (tertiary/aromatic N) is 2. The Morgan fingerprint density at radius 2 is 2.00 bits per heavy atom. The van der Waals surface area contributed by atoms with Crippen LogP contribution in [0.1, 0.15) is 23.2 Å². The molecule has 0 amide bonds. The quantitative estimate of drug-likeness (QED) is 0.829. The maximum Gasteiger partial charge on any atom is 0.127 e. The maximum atomic E-state index is 8.90. The van der Waals surface area contributed by atoms with Crippen LogP contribution in [0.15, 0.2) is 42.5 Å². The summed E-state index contributed by atoms with van der Waals surface area (Å²) in [6.07, 6.45) is 2.09. The van der Waals surface area contributed by atoms with Gasteiger partial charge in [-0.25, -0.2) is 4.98 Å². The van der Waals surface area contributed by atoms with E-state index in [-0.39, 0.29) is 0 Å². The normalized spacial score (nSPS) is 9.89. The van der Waals surface area contributed by atoms with Gasteiger partial charge in [-0.05, 0) is 37.5 Å². The molecule has 1 aromatic carbocycles. The molecule has 19 heavy (non-hydrogen) atoms. The first-order valence-corrected chi connectivity index (χ1v) is 6.44. The average Bonchev–Trinajstić information content (AvgIpc) is 2.44. The first-order chi connectivity index (χ1) is 9.28. The van der Waals surface area contributed by atoms with Crippen LogP contribution in [0.2, 0.25) is 0 Å². The Kier molecular flexibility index (Phi) is 4.52. The first kappa shape index (κ1) is 13.1. The molecule has 2 aromatic rings. The van der Waals surface area contributed by atoms with Crippen molar-refractivity contribution < 1.29 is 0 Å². The minimum atomic E-state index is 0.651. The fraction of sp³-hybridized carbons (Fsp3) is 0.250. The van der Waals surface area contributed by atoms with Crippen molar-refractivity contribution in [2.45, 2.75) is 19.8 Å². The lowest BCUT2D eigenvalue weighted by molar-refractivity contribution is 0.858. The molecule has 0 bridgehead atoms. The fourth-order valence-corrected chi connectivity index (χ4v) is 1.98. The van der Waals surface area contributed by atoms with Gasteiger partial charge in [-0.15, -0.1) is 0 Å². The second kappa shape index (κ2) is 6.55. The molecular weight excluding hydrogens is 234 g/mol. The number of pyridine rings is 1. The first-order valence-electron chi connectivity index (χ1n) is 6.44. The van der Waals surface area contributed by atoms with E-state index in [0.29, 0.717) is 5.56 Å². The zero-order chi connectivity index (χ0) is 13.5. The van der Waals surface area contributed by atoms with Crippen LogP contribution in [0.3, 0.4) is 0 Å². The van der Waals surface area contributed by atoms with Gasteiger partial charge in [0.1, 0.15) is 5.82 Å². The second-order valence-corrected chi connectivity index (χ2v) is 4.51. The number of rotatable bonds is 5. The number of anilines is 1. The van der Waals surface area contributed by atoms with Crippen LogP contribution in [-0.2, 0) is 6.42 Å². The largest absolute Gasteiger partial charge is 0.370 e. The second-order valence-electron chi connectivity index (χ2n) is 4.51. The molecule has 0 aliphatic heterocycles. The van der Waals surface area contributed by atoms with Gasteiger partial charge in [-0.2, -0.15) is 5.26 Å². The van der Waals surface area contributed by atoms with E-state index in [2.05, 4.69) is 40.6 Å². The molecule has 1 aromatic heterocycles. The van der Waals surface area contributed by atoms with Crippen molar-refractivity contribution in [2.75, 3.05) is 11.9 Å². The third kappa shape index (κ3) is 4.11. The molecule has 2 rings (SSSR count). The van der Waals surface area contributed by atoms with E-state index in [9.17, 15) is 0 Å². The molecule has 0 radical (unpaired) electrons. The van der Waals surface area contributed by atoms with E-state index in [1.54, 1.807) is 12.1 Å². The van der Waals surface area contributed by atoms with Gasteiger partial charge in [0.25, 0.3) is 0 Å². The summed E-state index contributed by atoms with van der Waals surface area (Å²) in [6.45, 7) is 2.76. The standard InChI is InChI=1S/C16H17N3/c1-13-10-15(12-17)11-16(19-13)18-9-5-8-14-6-3-2-4-7-14/h2-4,6-7,10-11H,5,8-9H2,1H3,(H,18,19). The van der Waals surface area contributed by atoms with Crippen molar-refractivity contribution in [2.24, 2.45) is 0 Å². The predicted octanol–water partition coefficient (Wildman–Crippen LogP) is 3.31. The van der Waals surface area contributed by atoms with Crippen LogP contribution in [0, 0.1) is 18.3 Å². The van der Waals surface area contributed by atoms with Gasteiger partial charge in [-0.3, -0.25) is 0 Å². The van der Waals surface area contributed by atoms with Gasteiger partial charge in [0.15, 0.2) is 0 Å². The molecule has 0 unspecified atom stereocenters. The van der Waals surface area contributed by atoms with Crippen molar-refractivity contribution in [3.8, 4) is 6.07 Å². The number of aromatic nitrogens is 1. The number of benzene rings is 1. The number of nitrogens with one attached hydrogen (secondary N) is 1. The smallest absolute Gasteiger partial charge is 0.127 e. The minimum Gasteiger partial charge on any atom is -0.370 e. The minimum absolute atomic E-state index is 0.651. The number of aryl methyl sites for hydroxylation is 2. The SMILES string of the molecule is Cc1cc(C#N)cc(NCCCc2ccccc2)n1. The topological polar surface area (TPSA) is 48.7 Å². The Morgan fingerprint density at radius 1 is 1.21 bits per heavy atom. The summed E-state index contributed by atoms with van der Waals surface area (Å²) in [7, 11) is 0. The van der Waals surface area contributed by atoms with Gasteiger partial charge in [-0.1, -0.05) is 30.3 Å². The van der Waals surface area contributed by atoms with Gasteiger partial charge in [0.05, 0.1) is 11.6 Å². The number of nitriles is 1. The zero-order valence-electron chi connectivity index (χ0n) is 11.1. The van der Waals surface area contributed by atoms with Crippen molar-refractivity contribution in [1.82, 2.24) is 4.98 Å². The Labute approximate surface area is 113 Å². The molecule has 1 heterocycles. The van der Waals surface area contributed by atoms with Crippen LogP contribution in [0.25, 0.3) is 0 Å². The molecule has 0 aliphatic rings. The van der Waals surface area contributed by atoms with E-state index in [1.165, 1.54) is 5.56 Å². The van der Waals surface area contributed by atoms with Crippen LogP contribution < -0.4 is 5.32 Å². The lowest BCUT2D eigenvalue weighted by Crippen LogP contribution is -2.05. The van der Waals surface area contributed by atoms with E-state index in [0.717, 1.165) is 30.9 Å². The molecule has 0 atom stereocenters. The lowest BCUT2D eigenvalue weighted by atomic mass is 10.1. The van der Waals surface area contributed by atoms with Crippen molar-refractivity contribution in [1.29, 1.82) is 5.26 Å². The molecule has 0 fully saturated rings. The van der Waals surface area contributed by atoms with E-state index < -0.39 is 0 Å². The predicted molar refractivity (Wildman–Crippen MR) is 76.9 cm³/mol. The van der Waals surface area contributed by atoms with Crippen LogP contribution in [0.4, 0.5) is 5.82 Å². The monoisotopic (exact) mass is 251 g/mol. The number of hydrogen-bond acceptors (Lipinski definition) is 3. The highest BCUT2D eigenvalue weighted by molar-refractivity contribution is 5.44. The molecular formula is C16H17N3. The van der Waals surface area contributed by atoms with Crippen molar-refractivity contribution >= 4 is 5.82 Å². The summed E-state index contributed by atoms with van der Waals surface area (Å²) in [6, 6.07) is 16.1. The van der Waals surface area contributed by atoms with E-state index >= 15 is 0 Å². The van der Waals surface area contributed by atoms with Crippen LogP contribution in [0.5, 0.6) is 0 Å². The maximum absolute atomic E-state index is 8.90. The molecule has 0 saturated heterocycles. The highest BCUT2D eigenvalue weighted by Gasteiger charge is 1.99. The summed E-state index contributed by atoms with van der Waals surface area (Å²) in [5.74, 6) is 0.782. The molecule has 0 spiro atoms. The van der Waals surface area contributed by atoms with E-state index in [4.69, 9.17) is 5.26 Å². The fourth-order valence-electron chi connectivity index (χ4n) is 1.98. The molecule has 1 N–H and O–H groups in total.